The molecule has 0 saturated carbocycles. The predicted octanol–water partition coefficient (Wildman–Crippen LogP) is 3.68. The fraction of sp³-hybridized carbons (Fsp3) is 0.278. The van der Waals surface area contributed by atoms with Gasteiger partial charge in [0.1, 0.15) is 5.00 Å². The fourth-order valence-corrected chi connectivity index (χ4v) is 3.98. The van der Waals surface area contributed by atoms with Gasteiger partial charge in [0.15, 0.2) is 5.11 Å². The number of esters is 1. The number of amides is 1. The van der Waals surface area contributed by atoms with Gasteiger partial charge in [-0.25, -0.2) is 4.79 Å². The number of ether oxygens (including phenoxy) is 1. The molecule has 1 heterocycles. The van der Waals surface area contributed by atoms with Gasteiger partial charge in [0.2, 0.25) is 0 Å². The molecule has 1 aromatic carbocycles. The number of thiophene rings is 1. The van der Waals surface area contributed by atoms with Gasteiger partial charge < -0.3 is 20.3 Å². The van der Waals surface area contributed by atoms with Gasteiger partial charge in [-0.15, -0.1) is 11.3 Å². The molecule has 0 unspecified atom stereocenters. The van der Waals surface area contributed by atoms with Crippen molar-refractivity contribution in [3.63, 3.8) is 0 Å². The number of anilines is 1. The van der Waals surface area contributed by atoms with E-state index in [-0.39, 0.29) is 5.91 Å². The van der Waals surface area contributed by atoms with Crippen molar-refractivity contribution in [2.75, 3.05) is 26.5 Å². The zero-order valence-electron chi connectivity index (χ0n) is 15.4. The highest BCUT2D eigenvalue weighted by molar-refractivity contribution is 7.80. The van der Waals surface area contributed by atoms with Crippen LogP contribution in [-0.4, -0.2) is 43.1 Å². The molecule has 2 aromatic rings. The van der Waals surface area contributed by atoms with Gasteiger partial charge in [-0.05, 0) is 36.3 Å². The molecule has 1 amide bonds. The maximum Gasteiger partial charge on any atom is 0.341 e. The van der Waals surface area contributed by atoms with E-state index in [1.54, 1.807) is 27.1 Å². The van der Waals surface area contributed by atoms with Crippen LogP contribution in [0.25, 0.3) is 0 Å². The molecule has 0 aliphatic carbocycles. The molecule has 27 heavy (non-hydrogen) atoms. The third-order valence-electron chi connectivity index (χ3n) is 3.76. The lowest BCUT2D eigenvalue weighted by atomic mass is 10.1. The minimum atomic E-state index is -0.530. The molecular formula is C18H20ClN3O3S2. The van der Waals surface area contributed by atoms with E-state index in [1.807, 2.05) is 18.2 Å². The zero-order chi connectivity index (χ0) is 20.1. The summed E-state index contributed by atoms with van der Waals surface area (Å²) in [5.41, 5.74) is 1.75. The third-order valence-corrected chi connectivity index (χ3v) is 5.57. The van der Waals surface area contributed by atoms with Crippen molar-refractivity contribution < 1.29 is 14.3 Å². The summed E-state index contributed by atoms with van der Waals surface area (Å²) in [6.07, 6.45) is 0. The van der Waals surface area contributed by atoms with Gasteiger partial charge in [-0.1, -0.05) is 29.8 Å². The van der Waals surface area contributed by atoms with Gasteiger partial charge >= 0.3 is 5.97 Å². The number of hydrogen-bond acceptors (Lipinski definition) is 5. The summed E-state index contributed by atoms with van der Waals surface area (Å²) in [6.45, 7) is 2.14. The Morgan fingerprint density at radius 1 is 1.30 bits per heavy atom. The first-order valence-corrected chi connectivity index (χ1v) is 9.58. The third kappa shape index (κ3) is 4.97. The average Bonchev–Trinajstić information content (AvgIpc) is 2.95. The highest BCUT2D eigenvalue weighted by Crippen LogP contribution is 2.34. The first kappa shape index (κ1) is 21.1. The van der Waals surface area contributed by atoms with Crippen molar-refractivity contribution in [3.05, 3.63) is 50.9 Å². The maximum absolute atomic E-state index is 12.4. The van der Waals surface area contributed by atoms with E-state index < -0.39 is 5.97 Å². The molecule has 0 bridgehead atoms. The summed E-state index contributed by atoms with van der Waals surface area (Å²) in [4.78, 5) is 26.5. The normalized spacial score (nSPS) is 10.3. The number of benzene rings is 1. The Kier molecular flexibility index (Phi) is 7.18. The highest BCUT2D eigenvalue weighted by atomic mass is 35.5. The van der Waals surface area contributed by atoms with E-state index in [1.165, 1.54) is 12.0 Å². The molecule has 144 valence electrons. The Bertz CT molecular complexity index is 881. The standard InChI is InChI=1S/C18H20ClN3O3S2/c1-10-13(17(24)25-4)15(27-14(10)16(23)22(2)3)21-18(26)20-9-11-7-5-6-8-12(11)19/h5-8H,9H2,1-4H3,(H2,20,21,26). The smallest absolute Gasteiger partial charge is 0.341 e. The second-order valence-electron chi connectivity index (χ2n) is 5.85. The number of carbonyl (C=O) groups is 2. The Labute approximate surface area is 172 Å². The molecule has 9 heteroatoms. The van der Waals surface area contributed by atoms with Crippen molar-refractivity contribution in [1.82, 2.24) is 10.2 Å². The summed E-state index contributed by atoms with van der Waals surface area (Å²) < 4.78 is 4.86. The van der Waals surface area contributed by atoms with Gasteiger partial charge in [0.05, 0.1) is 17.6 Å². The Balaban J connectivity index is 2.22. The lowest BCUT2D eigenvalue weighted by molar-refractivity contribution is 0.0601. The highest BCUT2D eigenvalue weighted by Gasteiger charge is 2.26. The molecule has 0 saturated heterocycles. The van der Waals surface area contributed by atoms with Crippen molar-refractivity contribution in [3.8, 4) is 0 Å². The number of methoxy groups -OCH3 is 1. The van der Waals surface area contributed by atoms with Crippen LogP contribution in [0.2, 0.25) is 5.02 Å². The fourth-order valence-electron chi connectivity index (χ4n) is 2.32. The molecule has 0 radical (unpaired) electrons. The van der Waals surface area contributed by atoms with Crippen LogP contribution in [-0.2, 0) is 11.3 Å². The van der Waals surface area contributed by atoms with Crippen molar-refractivity contribution in [1.29, 1.82) is 0 Å². The van der Waals surface area contributed by atoms with E-state index in [2.05, 4.69) is 10.6 Å². The summed E-state index contributed by atoms with van der Waals surface area (Å²) in [5, 5.41) is 7.45. The number of thiocarbonyl (C=S) groups is 1. The lowest BCUT2D eigenvalue weighted by Crippen LogP contribution is -2.28. The van der Waals surface area contributed by atoms with Crippen LogP contribution in [0.15, 0.2) is 24.3 Å². The predicted molar refractivity (Wildman–Crippen MR) is 113 cm³/mol. The Morgan fingerprint density at radius 3 is 2.56 bits per heavy atom. The molecular weight excluding hydrogens is 406 g/mol. The number of nitrogens with zero attached hydrogens (tertiary/aromatic N) is 1. The number of rotatable bonds is 5. The number of carbonyl (C=O) groups excluding carboxylic acids is 2. The maximum atomic E-state index is 12.4. The summed E-state index contributed by atoms with van der Waals surface area (Å²) in [5.74, 6) is -0.719. The van der Waals surface area contributed by atoms with Crippen LogP contribution >= 0.6 is 35.2 Å². The van der Waals surface area contributed by atoms with E-state index in [0.29, 0.717) is 37.7 Å². The van der Waals surface area contributed by atoms with Gasteiger partial charge in [0.25, 0.3) is 5.91 Å². The molecule has 6 nitrogen and oxygen atoms in total. The minimum Gasteiger partial charge on any atom is -0.465 e. The van der Waals surface area contributed by atoms with Crippen molar-refractivity contribution in [2.24, 2.45) is 0 Å². The number of nitrogens with one attached hydrogen (secondary N) is 2. The van der Waals surface area contributed by atoms with Crippen LogP contribution in [0.4, 0.5) is 5.00 Å². The molecule has 2 rings (SSSR count). The van der Waals surface area contributed by atoms with Crippen LogP contribution in [0, 0.1) is 6.92 Å². The zero-order valence-corrected chi connectivity index (χ0v) is 17.8. The van der Waals surface area contributed by atoms with Gasteiger partial charge in [-0.3, -0.25) is 4.79 Å². The summed E-state index contributed by atoms with van der Waals surface area (Å²) in [6, 6.07) is 7.42. The largest absolute Gasteiger partial charge is 0.465 e. The quantitative estimate of drug-likeness (QED) is 0.562. The monoisotopic (exact) mass is 425 g/mol. The summed E-state index contributed by atoms with van der Waals surface area (Å²) >= 11 is 12.6. The van der Waals surface area contributed by atoms with Gasteiger partial charge in [0, 0.05) is 25.7 Å². The second-order valence-corrected chi connectivity index (χ2v) is 7.69. The molecule has 0 atom stereocenters. The molecule has 0 fully saturated rings. The van der Waals surface area contributed by atoms with E-state index in [4.69, 9.17) is 28.6 Å². The Hall–Kier alpha value is -2.16. The SMILES string of the molecule is COC(=O)c1c(NC(=S)NCc2ccccc2Cl)sc(C(=O)N(C)C)c1C. The van der Waals surface area contributed by atoms with Crippen LogP contribution in [0.5, 0.6) is 0 Å². The van der Waals surface area contributed by atoms with E-state index in [0.717, 1.165) is 16.9 Å². The number of hydrogen-bond donors (Lipinski definition) is 2. The average molecular weight is 426 g/mol. The van der Waals surface area contributed by atoms with Crippen LogP contribution < -0.4 is 10.6 Å². The van der Waals surface area contributed by atoms with E-state index in [9.17, 15) is 9.59 Å². The Morgan fingerprint density at radius 2 is 1.96 bits per heavy atom. The number of halogens is 1. The molecule has 1 aromatic heterocycles. The van der Waals surface area contributed by atoms with E-state index >= 15 is 0 Å². The van der Waals surface area contributed by atoms with Crippen molar-refractivity contribution in [2.45, 2.75) is 13.5 Å². The first-order chi connectivity index (χ1) is 12.8. The molecule has 0 aliphatic rings. The molecule has 0 aliphatic heterocycles. The van der Waals surface area contributed by atoms with Gasteiger partial charge in [-0.2, -0.15) is 0 Å². The van der Waals surface area contributed by atoms with Crippen LogP contribution in [0.3, 0.4) is 0 Å². The topological polar surface area (TPSA) is 70.7 Å². The molecule has 2 N–H and O–H groups in total. The molecule has 0 spiro atoms. The lowest BCUT2D eigenvalue weighted by Gasteiger charge is -2.11. The first-order valence-electron chi connectivity index (χ1n) is 7.97. The second kappa shape index (κ2) is 9.16. The van der Waals surface area contributed by atoms with Crippen LogP contribution in [0.1, 0.15) is 31.2 Å². The minimum absolute atomic E-state index is 0.189. The van der Waals surface area contributed by atoms with Crippen molar-refractivity contribution >= 4 is 57.1 Å². The summed E-state index contributed by atoms with van der Waals surface area (Å²) in [7, 11) is 4.61.